The second kappa shape index (κ2) is 10.7. The van der Waals surface area contributed by atoms with Crippen LogP contribution in [0.2, 0.25) is 0 Å². The molecule has 1 atom stereocenters. The van der Waals surface area contributed by atoms with E-state index in [1.165, 1.54) is 45.6 Å². The van der Waals surface area contributed by atoms with Gasteiger partial charge in [-0.15, -0.1) is 0 Å². The van der Waals surface area contributed by atoms with Crippen LogP contribution in [0.3, 0.4) is 0 Å². The largest absolute Gasteiger partial charge is 0.493 e. The third kappa shape index (κ3) is 5.61. The highest BCUT2D eigenvalue weighted by Gasteiger charge is 2.19. The van der Waals surface area contributed by atoms with Crippen molar-refractivity contribution in [3.05, 3.63) is 53.6 Å². The Bertz CT molecular complexity index is 932. The Morgan fingerprint density at radius 1 is 1.07 bits per heavy atom. The maximum Gasteiger partial charge on any atom is 0.387 e. The zero-order valence-electron chi connectivity index (χ0n) is 16.5. The Morgan fingerprint density at radius 2 is 1.70 bits per heavy atom. The molecule has 2 aromatic rings. The number of benzene rings is 2. The molecule has 0 radical (unpaired) electrons. The van der Waals surface area contributed by atoms with Gasteiger partial charge in [0.15, 0.2) is 11.5 Å². The number of amides is 1. The lowest BCUT2D eigenvalue weighted by atomic mass is 10.1. The van der Waals surface area contributed by atoms with E-state index in [-0.39, 0.29) is 11.3 Å². The zero-order chi connectivity index (χ0) is 22.1. The first-order valence-corrected chi connectivity index (χ1v) is 8.65. The summed E-state index contributed by atoms with van der Waals surface area (Å²) in [6.07, 6.45) is 2.44. The van der Waals surface area contributed by atoms with Crippen LogP contribution in [0.1, 0.15) is 17.2 Å². The third-order valence-electron chi connectivity index (χ3n) is 3.99. The fourth-order valence-electron chi connectivity index (χ4n) is 2.64. The SMILES string of the molecule is COc1cc(C(C#N)NC(=O)/C=C/c2ccccc2OC(F)F)cc(OC)c1OC. The maximum atomic E-state index is 12.5. The van der Waals surface area contributed by atoms with Crippen LogP contribution in [0.25, 0.3) is 6.08 Å². The van der Waals surface area contributed by atoms with Crippen LogP contribution in [-0.4, -0.2) is 33.8 Å². The van der Waals surface area contributed by atoms with Gasteiger partial charge in [0.2, 0.25) is 11.7 Å². The van der Waals surface area contributed by atoms with Crippen molar-refractivity contribution in [2.24, 2.45) is 0 Å². The first kappa shape index (κ1) is 22.5. The monoisotopic (exact) mass is 418 g/mol. The molecule has 0 aliphatic heterocycles. The summed E-state index contributed by atoms with van der Waals surface area (Å²) in [5, 5.41) is 12.0. The molecule has 7 nitrogen and oxygen atoms in total. The highest BCUT2D eigenvalue weighted by Crippen LogP contribution is 2.39. The number of hydrogen-bond donors (Lipinski definition) is 1. The Morgan fingerprint density at radius 3 is 2.23 bits per heavy atom. The fraction of sp³-hybridized carbons (Fsp3) is 0.238. The van der Waals surface area contributed by atoms with Crippen LogP contribution < -0.4 is 24.3 Å². The van der Waals surface area contributed by atoms with Crippen molar-refractivity contribution in [1.82, 2.24) is 5.32 Å². The van der Waals surface area contributed by atoms with E-state index in [2.05, 4.69) is 10.1 Å². The molecule has 158 valence electrons. The first-order chi connectivity index (χ1) is 14.4. The summed E-state index contributed by atoms with van der Waals surface area (Å²) >= 11 is 0. The van der Waals surface area contributed by atoms with E-state index < -0.39 is 18.6 Å². The summed E-state index contributed by atoms with van der Waals surface area (Å²) in [5.41, 5.74) is 0.699. The number of nitriles is 1. The van der Waals surface area contributed by atoms with Crippen molar-refractivity contribution < 1.29 is 32.5 Å². The summed E-state index contributed by atoms with van der Waals surface area (Å²) in [5.74, 6) is 0.326. The zero-order valence-corrected chi connectivity index (χ0v) is 16.5. The van der Waals surface area contributed by atoms with Crippen molar-refractivity contribution in [3.63, 3.8) is 0 Å². The van der Waals surface area contributed by atoms with E-state index in [9.17, 15) is 18.8 Å². The molecule has 30 heavy (non-hydrogen) atoms. The number of nitrogens with zero attached hydrogens (tertiary/aromatic N) is 1. The summed E-state index contributed by atoms with van der Waals surface area (Å²) in [6, 6.07) is 10.1. The number of para-hydroxylation sites is 1. The van der Waals surface area contributed by atoms with Gasteiger partial charge in [0.05, 0.1) is 27.4 Å². The lowest BCUT2D eigenvalue weighted by Gasteiger charge is -2.17. The van der Waals surface area contributed by atoms with Gasteiger partial charge in [0.1, 0.15) is 11.8 Å². The molecule has 0 aromatic heterocycles. The molecule has 0 spiro atoms. The third-order valence-corrected chi connectivity index (χ3v) is 3.99. The number of alkyl halides is 2. The number of halogens is 2. The highest BCUT2D eigenvalue weighted by molar-refractivity contribution is 5.92. The molecule has 0 saturated carbocycles. The highest BCUT2D eigenvalue weighted by atomic mass is 19.3. The van der Waals surface area contributed by atoms with Gasteiger partial charge in [0.25, 0.3) is 0 Å². The molecule has 0 aliphatic carbocycles. The standard InChI is InChI=1S/C21H20F2N2O5/c1-27-17-10-14(11-18(28-2)20(17)29-3)15(12-24)25-19(26)9-8-13-6-4-5-7-16(13)30-21(22)23/h4-11,15,21H,1-3H3,(H,25,26)/b9-8+. The van der Waals surface area contributed by atoms with Crippen molar-refractivity contribution >= 4 is 12.0 Å². The minimum Gasteiger partial charge on any atom is -0.493 e. The second-order valence-electron chi connectivity index (χ2n) is 5.78. The van der Waals surface area contributed by atoms with Gasteiger partial charge in [-0.3, -0.25) is 4.79 Å². The van der Waals surface area contributed by atoms with E-state index >= 15 is 0 Å². The summed E-state index contributed by atoms with van der Waals surface area (Å²) in [4.78, 5) is 12.3. The Kier molecular flexibility index (Phi) is 7.99. The number of hydrogen-bond acceptors (Lipinski definition) is 6. The Labute approximate surface area is 172 Å². The molecule has 0 fully saturated rings. The molecule has 0 heterocycles. The molecular formula is C21H20F2N2O5. The molecule has 2 rings (SSSR count). The summed E-state index contributed by atoms with van der Waals surface area (Å²) < 4.78 is 45.1. The maximum absolute atomic E-state index is 12.5. The number of methoxy groups -OCH3 is 3. The number of carbonyl (C=O) groups is 1. The molecule has 1 amide bonds. The first-order valence-electron chi connectivity index (χ1n) is 8.65. The predicted molar refractivity (Wildman–Crippen MR) is 105 cm³/mol. The van der Waals surface area contributed by atoms with Gasteiger partial charge in [-0.05, 0) is 29.8 Å². The van der Waals surface area contributed by atoms with Gasteiger partial charge in [-0.25, -0.2) is 0 Å². The van der Waals surface area contributed by atoms with Crippen LogP contribution in [0.4, 0.5) is 8.78 Å². The van der Waals surface area contributed by atoms with Gasteiger partial charge >= 0.3 is 6.61 Å². The number of carbonyl (C=O) groups excluding carboxylic acids is 1. The van der Waals surface area contributed by atoms with E-state index in [1.807, 2.05) is 6.07 Å². The fourth-order valence-corrected chi connectivity index (χ4v) is 2.64. The molecule has 2 aromatic carbocycles. The van der Waals surface area contributed by atoms with Crippen molar-refractivity contribution in [2.75, 3.05) is 21.3 Å². The molecule has 1 N–H and O–H groups in total. The predicted octanol–water partition coefficient (Wildman–Crippen LogP) is 3.71. The topological polar surface area (TPSA) is 89.8 Å². The normalized spacial score (nSPS) is 11.6. The minimum atomic E-state index is -2.99. The van der Waals surface area contributed by atoms with Gasteiger partial charge in [0, 0.05) is 11.6 Å². The average Bonchev–Trinajstić information content (AvgIpc) is 2.75. The molecular weight excluding hydrogens is 398 g/mol. The molecule has 0 saturated heterocycles. The van der Waals surface area contributed by atoms with Crippen LogP contribution in [-0.2, 0) is 4.79 Å². The van der Waals surface area contributed by atoms with Crippen LogP contribution in [0.5, 0.6) is 23.0 Å². The van der Waals surface area contributed by atoms with Gasteiger partial charge in [-0.2, -0.15) is 14.0 Å². The summed E-state index contributed by atoms with van der Waals surface area (Å²) in [7, 11) is 4.31. The van der Waals surface area contributed by atoms with Crippen molar-refractivity contribution in [1.29, 1.82) is 5.26 Å². The van der Waals surface area contributed by atoms with Gasteiger partial charge < -0.3 is 24.3 Å². The number of ether oxygens (including phenoxy) is 4. The van der Waals surface area contributed by atoms with E-state index in [4.69, 9.17) is 14.2 Å². The van der Waals surface area contributed by atoms with E-state index in [1.54, 1.807) is 18.2 Å². The summed E-state index contributed by atoms with van der Waals surface area (Å²) in [6.45, 7) is -2.99. The van der Waals surface area contributed by atoms with E-state index in [0.717, 1.165) is 6.08 Å². The lowest BCUT2D eigenvalue weighted by molar-refractivity contribution is -0.116. The smallest absolute Gasteiger partial charge is 0.387 e. The Balaban J connectivity index is 2.22. The molecule has 9 heteroatoms. The van der Waals surface area contributed by atoms with E-state index in [0.29, 0.717) is 22.8 Å². The lowest BCUT2D eigenvalue weighted by Crippen LogP contribution is -2.25. The minimum absolute atomic E-state index is 0.0713. The average molecular weight is 418 g/mol. The van der Waals surface area contributed by atoms with Crippen LogP contribution >= 0.6 is 0 Å². The van der Waals surface area contributed by atoms with Crippen LogP contribution in [0, 0.1) is 11.3 Å². The van der Waals surface area contributed by atoms with Crippen molar-refractivity contribution in [3.8, 4) is 29.1 Å². The van der Waals surface area contributed by atoms with Crippen molar-refractivity contribution in [2.45, 2.75) is 12.7 Å². The second-order valence-corrected chi connectivity index (χ2v) is 5.78. The molecule has 0 bridgehead atoms. The number of rotatable bonds is 9. The van der Waals surface area contributed by atoms with Gasteiger partial charge in [-0.1, -0.05) is 18.2 Å². The number of nitrogens with one attached hydrogen (secondary N) is 1. The molecule has 0 aliphatic rings. The molecule has 1 unspecified atom stereocenters. The van der Waals surface area contributed by atoms with Crippen LogP contribution in [0.15, 0.2) is 42.5 Å². The quantitative estimate of drug-likeness (QED) is 0.625. The Hall–Kier alpha value is -3.80.